The van der Waals surface area contributed by atoms with Gasteiger partial charge in [-0.2, -0.15) is 0 Å². The predicted octanol–water partition coefficient (Wildman–Crippen LogP) is 0.441. The SMILES string of the molecule is COCCCNC(=O)c1ccon1. The topological polar surface area (TPSA) is 64.4 Å². The fourth-order valence-corrected chi connectivity index (χ4v) is 0.839. The molecule has 1 heterocycles. The second-order valence-electron chi connectivity index (χ2n) is 2.49. The van der Waals surface area contributed by atoms with Crippen LogP contribution in [0.15, 0.2) is 16.9 Å². The van der Waals surface area contributed by atoms with E-state index >= 15 is 0 Å². The first-order valence-electron chi connectivity index (χ1n) is 4.02. The maximum Gasteiger partial charge on any atom is 0.273 e. The molecule has 0 fully saturated rings. The number of carbonyl (C=O) groups is 1. The van der Waals surface area contributed by atoms with Crippen LogP contribution in [0.3, 0.4) is 0 Å². The first kappa shape index (κ1) is 9.73. The third kappa shape index (κ3) is 3.25. The maximum absolute atomic E-state index is 11.2. The first-order valence-corrected chi connectivity index (χ1v) is 4.02. The summed E-state index contributed by atoms with van der Waals surface area (Å²) in [4.78, 5) is 11.2. The fraction of sp³-hybridized carbons (Fsp3) is 0.500. The molecule has 72 valence electrons. The Bertz CT molecular complexity index is 246. The van der Waals surface area contributed by atoms with Crippen LogP contribution in [0.1, 0.15) is 16.9 Å². The smallest absolute Gasteiger partial charge is 0.273 e. The lowest BCUT2D eigenvalue weighted by Crippen LogP contribution is -2.25. The highest BCUT2D eigenvalue weighted by Gasteiger charge is 2.06. The average Bonchev–Trinajstić information content (AvgIpc) is 2.65. The van der Waals surface area contributed by atoms with Gasteiger partial charge >= 0.3 is 0 Å². The van der Waals surface area contributed by atoms with E-state index in [1.54, 1.807) is 7.11 Å². The van der Waals surface area contributed by atoms with Gasteiger partial charge in [-0.1, -0.05) is 5.16 Å². The normalized spacial score (nSPS) is 9.92. The minimum atomic E-state index is -0.218. The van der Waals surface area contributed by atoms with Crippen molar-refractivity contribution in [1.82, 2.24) is 10.5 Å². The molecule has 5 nitrogen and oxygen atoms in total. The van der Waals surface area contributed by atoms with Crippen LogP contribution in [0, 0.1) is 0 Å². The van der Waals surface area contributed by atoms with E-state index in [1.807, 2.05) is 0 Å². The number of ether oxygens (including phenoxy) is 1. The number of amides is 1. The molecular formula is C8H12N2O3. The van der Waals surface area contributed by atoms with Gasteiger partial charge in [-0.05, 0) is 6.42 Å². The van der Waals surface area contributed by atoms with Crippen LogP contribution in [0.4, 0.5) is 0 Å². The van der Waals surface area contributed by atoms with Crippen LogP contribution in [-0.4, -0.2) is 31.3 Å². The molecule has 0 saturated heterocycles. The first-order chi connectivity index (χ1) is 6.34. The molecule has 1 aromatic rings. The molecule has 5 heteroatoms. The zero-order chi connectivity index (χ0) is 9.52. The quantitative estimate of drug-likeness (QED) is 0.674. The lowest BCUT2D eigenvalue weighted by molar-refractivity contribution is 0.0939. The molecule has 0 unspecified atom stereocenters. The second-order valence-corrected chi connectivity index (χ2v) is 2.49. The molecule has 1 N–H and O–H groups in total. The Kier molecular flexibility index (Phi) is 3.98. The number of methoxy groups -OCH3 is 1. The van der Waals surface area contributed by atoms with E-state index in [1.165, 1.54) is 12.3 Å². The van der Waals surface area contributed by atoms with Gasteiger partial charge in [0.2, 0.25) is 0 Å². The summed E-state index contributed by atoms with van der Waals surface area (Å²) in [6.07, 6.45) is 2.16. The Balaban J connectivity index is 2.19. The van der Waals surface area contributed by atoms with Crippen molar-refractivity contribution in [3.8, 4) is 0 Å². The zero-order valence-electron chi connectivity index (χ0n) is 7.45. The molecule has 0 spiro atoms. The Morgan fingerprint density at radius 2 is 2.62 bits per heavy atom. The van der Waals surface area contributed by atoms with Crippen LogP contribution < -0.4 is 5.32 Å². The van der Waals surface area contributed by atoms with Gasteiger partial charge in [-0.25, -0.2) is 0 Å². The van der Waals surface area contributed by atoms with Crippen LogP contribution in [0.2, 0.25) is 0 Å². The third-order valence-electron chi connectivity index (χ3n) is 1.48. The highest BCUT2D eigenvalue weighted by atomic mass is 16.5. The van der Waals surface area contributed by atoms with Crippen molar-refractivity contribution in [2.75, 3.05) is 20.3 Å². The highest BCUT2D eigenvalue weighted by Crippen LogP contribution is 1.93. The van der Waals surface area contributed by atoms with E-state index in [2.05, 4.69) is 15.0 Å². The summed E-state index contributed by atoms with van der Waals surface area (Å²) < 4.78 is 9.36. The second kappa shape index (κ2) is 5.31. The standard InChI is InChI=1S/C8H12N2O3/c1-12-5-2-4-9-8(11)7-3-6-13-10-7/h3,6H,2,4-5H2,1H3,(H,9,11). The number of nitrogens with zero attached hydrogens (tertiary/aromatic N) is 1. The van der Waals surface area contributed by atoms with E-state index < -0.39 is 0 Å². The Hall–Kier alpha value is -1.36. The molecule has 1 amide bonds. The number of nitrogens with one attached hydrogen (secondary N) is 1. The third-order valence-corrected chi connectivity index (χ3v) is 1.48. The number of hydrogen-bond donors (Lipinski definition) is 1. The van der Waals surface area contributed by atoms with Gasteiger partial charge in [-0.3, -0.25) is 4.79 Å². The van der Waals surface area contributed by atoms with Crippen molar-refractivity contribution in [2.24, 2.45) is 0 Å². The van der Waals surface area contributed by atoms with Gasteiger partial charge in [0.15, 0.2) is 5.69 Å². The summed E-state index contributed by atoms with van der Waals surface area (Å²) >= 11 is 0. The zero-order valence-corrected chi connectivity index (χ0v) is 7.45. The van der Waals surface area contributed by atoms with Gasteiger partial charge in [0.1, 0.15) is 6.26 Å². The predicted molar refractivity (Wildman–Crippen MR) is 45.3 cm³/mol. The van der Waals surface area contributed by atoms with Gasteiger partial charge in [0, 0.05) is 26.3 Å². The maximum atomic E-state index is 11.2. The van der Waals surface area contributed by atoms with E-state index in [0.29, 0.717) is 18.8 Å². The molecule has 0 aliphatic carbocycles. The van der Waals surface area contributed by atoms with Gasteiger partial charge in [0.25, 0.3) is 5.91 Å². The molecular weight excluding hydrogens is 172 g/mol. The summed E-state index contributed by atoms with van der Waals surface area (Å²) in [6, 6.07) is 1.52. The minimum Gasteiger partial charge on any atom is -0.385 e. The molecule has 0 aromatic carbocycles. The molecule has 0 saturated carbocycles. The summed E-state index contributed by atoms with van der Waals surface area (Å²) in [7, 11) is 1.62. The van der Waals surface area contributed by atoms with E-state index in [-0.39, 0.29) is 5.91 Å². The summed E-state index contributed by atoms with van der Waals surface area (Å²) in [5, 5.41) is 6.18. The van der Waals surface area contributed by atoms with Crippen LogP contribution in [0.25, 0.3) is 0 Å². The average molecular weight is 184 g/mol. The molecule has 0 aliphatic heterocycles. The van der Waals surface area contributed by atoms with Crippen molar-refractivity contribution in [3.63, 3.8) is 0 Å². The van der Waals surface area contributed by atoms with Crippen molar-refractivity contribution in [2.45, 2.75) is 6.42 Å². The van der Waals surface area contributed by atoms with Gasteiger partial charge in [0.05, 0.1) is 0 Å². The van der Waals surface area contributed by atoms with Crippen molar-refractivity contribution >= 4 is 5.91 Å². The fourth-order valence-electron chi connectivity index (χ4n) is 0.839. The van der Waals surface area contributed by atoms with E-state index in [0.717, 1.165) is 6.42 Å². The van der Waals surface area contributed by atoms with Gasteiger partial charge < -0.3 is 14.6 Å². The molecule has 0 radical (unpaired) electrons. The number of rotatable bonds is 5. The summed E-state index contributed by atoms with van der Waals surface area (Å²) in [5.74, 6) is -0.218. The molecule has 13 heavy (non-hydrogen) atoms. The van der Waals surface area contributed by atoms with Crippen molar-refractivity contribution in [1.29, 1.82) is 0 Å². The molecule has 1 rings (SSSR count). The Morgan fingerprint density at radius 3 is 3.23 bits per heavy atom. The minimum absolute atomic E-state index is 0.218. The van der Waals surface area contributed by atoms with Crippen LogP contribution in [0.5, 0.6) is 0 Å². The Morgan fingerprint density at radius 1 is 1.77 bits per heavy atom. The summed E-state index contributed by atoms with van der Waals surface area (Å²) in [5.41, 5.74) is 0.303. The van der Waals surface area contributed by atoms with Gasteiger partial charge in [-0.15, -0.1) is 0 Å². The highest BCUT2D eigenvalue weighted by molar-refractivity contribution is 5.91. The molecule has 0 bridgehead atoms. The van der Waals surface area contributed by atoms with E-state index in [4.69, 9.17) is 4.74 Å². The van der Waals surface area contributed by atoms with Crippen molar-refractivity contribution < 1.29 is 14.1 Å². The van der Waals surface area contributed by atoms with Crippen LogP contribution >= 0.6 is 0 Å². The number of aromatic nitrogens is 1. The Labute approximate surface area is 76.0 Å². The van der Waals surface area contributed by atoms with E-state index in [9.17, 15) is 4.79 Å². The summed E-state index contributed by atoms with van der Waals surface area (Å²) in [6.45, 7) is 1.22. The number of carbonyl (C=O) groups excluding carboxylic acids is 1. The monoisotopic (exact) mass is 184 g/mol. The molecule has 1 aromatic heterocycles. The van der Waals surface area contributed by atoms with Crippen LogP contribution in [-0.2, 0) is 4.74 Å². The lowest BCUT2D eigenvalue weighted by Gasteiger charge is -2.00. The molecule has 0 aliphatic rings. The lowest BCUT2D eigenvalue weighted by atomic mass is 10.4. The number of hydrogen-bond acceptors (Lipinski definition) is 4. The van der Waals surface area contributed by atoms with Crippen molar-refractivity contribution in [3.05, 3.63) is 18.0 Å². The largest absolute Gasteiger partial charge is 0.385 e. The molecule has 0 atom stereocenters.